The van der Waals surface area contributed by atoms with Gasteiger partial charge in [-0.1, -0.05) is 52.1 Å². The van der Waals surface area contributed by atoms with Gasteiger partial charge in [0.15, 0.2) is 0 Å². The van der Waals surface area contributed by atoms with Crippen LogP contribution < -0.4 is 0 Å². The second kappa shape index (κ2) is 7.60. The first kappa shape index (κ1) is 12.0. The van der Waals surface area contributed by atoms with Crippen molar-refractivity contribution >= 4 is 31.9 Å². The molecule has 68 valence electrons. The maximum absolute atomic E-state index is 3.63. The number of alkyl halides is 2. The minimum atomic E-state index is 0.735. The van der Waals surface area contributed by atoms with E-state index in [2.05, 4.69) is 45.7 Å². The Labute approximate surface area is 87.4 Å². The molecule has 0 heterocycles. The smallest absolute Gasteiger partial charge is 0.0143 e. The Morgan fingerprint density at radius 3 is 1.55 bits per heavy atom. The zero-order valence-corrected chi connectivity index (χ0v) is 10.6. The van der Waals surface area contributed by atoms with E-state index in [0.29, 0.717) is 0 Å². The van der Waals surface area contributed by atoms with Gasteiger partial charge in [0.25, 0.3) is 0 Å². The molecule has 0 bridgehead atoms. The minimum Gasteiger partial charge on any atom is -0.0891 e. The molecule has 0 aliphatic rings. The van der Waals surface area contributed by atoms with E-state index in [-0.39, 0.29) is 0 Å². The van der Waals surface area contributed by atoms with Crippen molar-refractivity contribution in [3.05, 3.63) is 0 Å². The van der Waals surface area contributed by atoms with Crippen LogP contribution in [0.1, 0.15) is 46.0 Å². The van der Waals surface area contributed by atoms with Gasteiger partial charge in [-0.15, -0.1) is 0 Å². The van der Waals surface area contributed by atoms with Crippen molar-refractivity contribution < 1.29 is 0 Å². The molecule has 0 amide bonds. The summed E-state index contributed by atoms with van der Waals surface area (Å²) in [6.07, 6.45) is 6.48. The molecule has 0 aliphatic heterocycles. The molecule has 0 N–H and O–H groups in total. The van der Waals surface area contributed by atoms with Gasteiger partial charge in [0.1, 0.15) is 0 Å². The highest BCUT2D eigenvalue weighted by molar-refractivity contribution is 9.09. The quantitative estimate of drug-likeness (QED) is 0.630. The van der Waals surface area contributed by atoms with E-state index in [9.17, 15) is 0 Å². The maximum atomic E-state index is 3.63. The Balaban J connectivity index is 3.13. The standard InChI is InChI=1S/C9H18Br2/c1-3-8(10)6-5-7-9(11)4-2/h8-9H,3-7H2,1-2H3. The monoisotopic (exact) mass is 284 g/mol. The fourth-order valence-corrected chi connectivity index (χ4v) is 1.62. The van der Waals surface area contributed by atoms with Crippen molar-refractivity contribution in [2.45, 2.75) is 55.6 Å². The third-order valence-corrected chi connectivity index (χ3v) is 4.13. The molecule has 0 aliphatic carbocycles. The topological polar surface area (TPSA) is 0 Å². The SMILES string of the molecule is CCC(Br)CCCC(Br)CC. The molecule has 0 fully saturated rings. The van der Waals surface area contributed by atoms with Crippen LogP contribution in [-0.4, -0.2) is 9.65 Å². The second-order valence-corrected chi connectivity index (χ2v) is 5.53. The fourth-order valence-electron chi connectivity index (χ4n) is 0.969. The Hall–Kier alpha value is 0.960. The molecule has 0 aromatic rings. The number of rotatable bonds is 6. The molecule has 0 rings (SSSR count). The van der Waals surface area contributed by atoms with E-state index in [1.54, 1.807) is 0 Å². The molecule has 0 radical (unpaired) electrons. The highest BCUT2D eigenvalue weighted by Gasteiger charge is 2.03. The van der Waals surface area contributed by atoms with E-state index in [0.717, 1.165) is 9.65 Å². The molecule has 2 unspecified atom stereocenters. The van der Waals surface area contributed by atoms with Crippen LogP contribution in [-0.2, 0) is 0 Å². The fraction of sp³-hybridized carbons (Fsp3) is 1.00. The van der Waals surface area contributed by atoms with Crippen LogP contribution in [0.15, 0.2) is 0 Å². The van der Waals surface area contributed by atoms with Gasteiger partial charge in [-0.2, -0.15) is 0 Å². The highest BCUT2D eigenvalue weighted by Crippen LogP contribution is 2.18. The Morgan fingerprint density at radius 1 is 0.909 bits per heavy atom. The van der Waals surface area contributed by atoms with Crippen LogP contribution in [0.3, 0.4) is 0 Å². The molecule has 0 aromatic carbocycles. The van der Waals surface area contributed by atoms with E-state index in [1.165, 1.54) is 32.1 Å². The predicted molar refractivity (Wildman–Crippen MR) is 59.9 cm³/mol. The van der Waals surface area contributed by atoms with E-state index < -0.39 is 0 Å². The third-order valence-electron chi connectivity index (χ3n) is 1.92. The summed E-state index contributed by atoms with van der Waals surface area (Å²) in [6.45, 7) is 4.45. The van der Waals surface area contributed by atoms with Gasteiger partial charge in [0.2, 0.25) is 0 Å². The number of halogens is 2. The van der Waals surface area contributed by atoms with Crippen LogP contribution in [0.2, 0.25) is 0 Å². The molecular formula is C9H18Br2. The molecule has 0 spiro atoms. The lowest BCUT2D eigenvalue weighted by molar-refractivity contribution is 0.629. The zero-order chi connectivity index (χ0) is 8.69. The van der Waals surface area contributed by atoms with Crippen LogP contribution >= 0.6 is 31.9 Å². The molecule has 0 aromatic heterocycles. The largest absolute Gasteiger partial charge is 0.0891 e. The summed E-state index contributed by atoms with van der Waals surface area (Å²) in [5.41, 5.74) is 0. The Kier molecular flexibility index (Phi) is 8.26. The molecule has 0 saturated heterocycles. The molecule has 0 saturated carbocycles. The summed E-state index contributed by atoms with van der Waals surface area (Å²) in [7, 11) is 0. The van der Waals surface area contributed by atoms with Gasteiger partial charge >= 0.3 is 0 Å². The van der Waals surface area contributed by atoms with Gasteiger partial charge in [-0.3, -0.25) is 0 Å². The Bertz CT molecular complexity index is 73.6. The van der Waals surface area contributed by atoms with Crippen LogP contribution in [0.5, 0.6) is 0 Å². The summed E-state index contributed by atoms with van der Waals surface area (Å²) < 4.78 is 0. The third kappa shape index (κ3) is 7.32. The number of hydrogen-bond donors (Lipinski definition) is 0. The van der Waals surface area contributed by atoms with Crippen LogP contribution in [0, 0.1) is 0 Å². The van der Waals surface area contributed by atoms with Gasteiger partial charge in [0.05, 0.1) is 0 Å². The van der Waals surface area contributed by atoms with Crippen LogP contribution in [0.25, 0.3) is 0 Å². The minimum absolute atomic E-state index is 0.735. The van der Waals surface area contributed by atoms with E-state index in [4.69, 9.17) is 0 Å². The maximum Gasteiger partial charge on any atom is 0.0143 e. The molecule has 11 heavy (non-hydrogen) atoms. The summed E-state index contributed by atoms with van der Waals surface area (Å²) in [6, 6.07) is 0. The molecular weight excluding hydrogens is 268 g/mol. The number of hydrogen-bond acceptors (Lipinski definition) is 0. The molecule has 2 atom stereocenters. The molecule has 2 heteroatoms. The van der Waals surface area contributed by atoms with Gasteiger partial charge in [-0.25, -0.2) is 0 Å². The first-order valence-electron chi connectivity index (χ1n) is 4.48. The zero-order valence-electron chi connectivity index (χ0n) is 7.45. The first-order valence-corrected chi connectivity index (χ1v) is 6.31. The average molecular weight is 286 g/mol. The first-order chi connectivity index (χ1) is 5.20. The molecule has 0 nitrogen and oxygen atoms in total. The summed E-state index contributed by atoms with van der Waals surface area (Å²) >= 11 is 7.27. The lowest BCUT2D eigenvalue weighted by Gasteiger charge is -2.08. The van der Waals surface area contributed by atoms with Crippen molar-refractivity contribution in [3.63, 3.8) is 0 Å². The highest BCUT2D eigenvalue weighted by atomic mass is 79.9. The lowest BCUT2D eigenvalue weighted by Crippen LogP contribution is -1.99. The Morgan fingerprint density at radius 2 is 1.27 bits per heavy atom. The van der Waals surface area contributed by atoms with Crippen molar-refractivity contribution in [2.24, 2.45) is 0 Å². The second-order valence-electron chi connectivity index (χ2n) is 2.94. The lowest BCUT2D eigenvalue weighted by atomic mass is 10.1. The predicted octanol–water partition coefficient (Wildman–Crippen LogP) is 4.50. The average Bonchev–Trinajstić information content (AvgIpc) is 2.04. The van der Waals surface area contributed by atoms with Gasteiger partial charge in [0, 0.05) is 9.65 Å². The van der Waals surface area contributed by atoms with Crippen molar-refractivity contribution in [1.29, 1.82) is 0 Å². The summed E-state index contributed by atoms with van der Waals surface area (Å²) in [5.74, 6) is 0. The van der Waals surface area contributed by atoms with Crippen LogP contribution in [0.4, 0.5) is 0 Å². The van der Waals surface area contributed by atoms with Crippen molar-refractivity contribution in [3.8, 4) is 0 Å². The van der Waals surface area contributed by atoms with Gasteiger partial charge < -0.3 is 0 Å². The van der Waals surface area contributed by atoms with Crippen molar-refractivity contribution in [2.75, 3.05) is 0 Å². The van der Waals surface area contributed by atoms with E-state index in [1.807, 2.05) is 0 Å². The van der Waals surface area contributed by atoms with Gasteiger partial charge in [-0.05, 0) is 25.7 Å². The summed E-state index contributed by atoms with van der Waals surface area (Å²) in [5, 5.41) is 0. The normalized spacial score (nSPS) is 16.4. The van der Waals surface area contributed by atoms with Crippen molar-refractivity contribution in [1.82, 2.24) is 0 Å². The summed E-state index contributed by atoms with van der Waals surface area (Å²) in [4.78, 5) is 1.47. The van der Waals surface area contributed by atoms with E-state index >= 15 is 0 Å².